The zero-order valence-corrected chi connectivity index (χ0v) is 17.1. The fourth-order valence-electron chi connectivity index (χ4n) is 2.60. The first-order valence-corrected chi connectivity index (χ1v) is 10.5. The summed E-state index contributed by atoms with van der Waals surface area (Å²) in [4.78, 5) is 11.7. The number of carbonyl (C=O) groups excluding carboxylic acids is 1. The number of hydrogen-bond donors (Lipinski definition) is 2. The second-order valence-electron chi connectivity index (χ2n) is 5.96. The molecule has 1 atom stereocenters. The van der Waals surface area contributed by atoms with Gasteiger partial charge in [-0.25, -0.2) is 8.42 Å². The van der Waals surface area contributed by atoms with Crippen LogP contribution in [0.25, 0.3) is 0 Å². The number of fused-ring (bicyclic) bond motifs is 1. The largest absolute Gasteiger partial charge is 0.573 e. The molecule has 0 aliphatic carbocycles. The summed E-state index contributed by atoms with van der Waals surface area (Å²) in [5, 5.41) is 2.60. The van der Waals surface area contributed by atoms with Gasteiger partial charge in [-0.1, -0.05) is 22.9 Å². The first kappa shape index (κ1) is 21.2. The van der Waals surface area contributed by atoms with Gasteiger partial charge >= 0.3 is 6.36 Å². The minimum Gasteiger partial charge on any atom is -0.477 e. The molecule has 1 amide bonds. The van der Waals surface area contributed by atoms with Crippen molar-refractivity contribution in [3.63, 3.8) is 0 Å². The van der Waals surface area contributed by atoms with E-state index in [1.165, 1.54) is 12.1 Å². The lowest BCUT2D eigenvalue weighted by Gasteiger charge is -2.27. The summed E-state index contributed by atoms with van der Waals surface area (Å²) in [6.07, 6.45) is -5.38. The number of anilines is 2. The minimum absolute atomic E-state index is 0.0140. The average Bonchev–Trinajstić information content (AvgIpc) is 2.60. The summed E-state index contributed by atoms with van der Waals surface area (Å²) in [6, 6.07) is 7.01. The molecular formula is C17H14BrF3N2O5S. The number of amides is 1. The van der Waals surface area contributed by atoms with E-state index in [0.717, 1.165) is 24.3 Å². The van der Waals surface area contributed by atoms with Crippen LogP contribution in [-0.2, 0) is 14.8 Å². The minimum atomic E-state index is -4.85. The number of halogens is 4. The van der Waals surface area contributed by atoms with E-state index in [1.807, 2.05) is 0 Å². The lowest BCUT2D eigenvalue weighted by atomic mass is 10.2. The van der Waals surface area contributed by atoms with Crippen LogP contribution in [0.1, 0.15) is 13.3 Å². The van der Waals surface area contributed by atoms with Gasteiger partial charge in [0.15, 0.2) is 11.9 Å². The van der Waals surface area contributed by atoms with Gasteiger partial charge in [0.1, 0.15) is 10.6 Å². The molecule has 7 nitrogen and oxygen atoms in total. The molecule has 0 radical (unpaired) electrons. The number of rotatable bonds is 5. The Balaban J connectivity index is 1.91. The lowest BCUT2D eigenvalue weighted by Crippen LogP contribution is -2.37. The Morgan fingerprint density at radius 1 is 1.24 bits per heavy atom. The molecule has 12 heteroatoms. The van der Waals surface area contributed by atoms with Crippen molar-refractivity contribution >= 4 is 43.2 Å². The lowest BCUT2D eigenvalue weighted by molar-refractivity contribution is -0.274. The molecule has 0 saturated carbocycles. The van der Waals surface area contributed by atoms with Crippen LogP contribution in [-0.4, -0.2) is 26.8 Å². The second kappa shape index (κ2) is 7.75. The molecule has 2 aromatic rings. The van der Waals surface area contributed by atoms with Gasteiger partial charge in [0.05, 0.1) is 5.69 Å². The summed E-state index contributed by atoms with van der Waals surface area (Å²) >= 11 is 3.19. The topological polar surface area (TPSA) is 93.7 Å². The molecule has 2 aromatic carbocycles. The molecule has 1 unspecified atom stereocenters. The summed E-state index contributed by atoms with van der Waals surface area (Å²) in [7, 11) is -4.19. The van der Waals surface area contributed by atoms with Crippen molar-refractivity contribution in [2.75, 3.05) is 10.0 Å². The van der Waals surface area contributed by atoms with E-state index in [2.05, 4.69) is 30.7 Å². The molecule has 156 valence electrons. The number of sulfonamides is 1. The number of hydrogen-bond acceptors (Lipinski definition) is 5. The molecule has 0 saturated heterocycles. The van der Waals surface area contributed by atoms with Crippen molar-refractivity contribution in [1.82, 2.24) is 0 Å². The monoisotopic (exact) mass is 494 g/mol. The molecule has 0 fully saturated rings. The van der Waals surface area contributed by atoms with Gasteiger partial charge < -0.3 is 14.8 Å². The zero-order valence-electron chi connectivity index (χ0n) is 14.7. The Hall–Kier alpha value is -2.47. The van der Waals surface area contributed by atoms with Gasteiger partial charge in [0.25, 0.3) is 15.9 Å². The molecular weight excluding hydrogens is 481 g/mol. The SMILES string of the molecule is CCC1Oc2c(cc(Br)cc2S(=O)(=O)Nc2ccc(OC(F)(F)F)cc2)NC1=O. The van der Waals surface area contributed by atoms with E-state index in [0.29, 0.717) is 10.9 Å². The van der Waals surface area contributed by atoms with Gasteiger partial charge in [0.2, 0.25) is 0 Å². The average molecular weight is 495 g/mol. The first-order chi connectivity index (χ1) is 13.5. The summed E-state index contributed by atoms with van der Waals surface area (Å²) < 4.78 is 74.5. The highest BCUT2D eigenvalue weighted by atomic mass is 79.9. The highest BCUT2D eigenvalue weighted by molar-refractivity contribution is 9.10. The third-order valence-corrected chi connectivity index (χ3v) is 5.67. The molecule has 0 spiro atoms. The van der Waals surface area contributed by atoms with E-state index in [1.54, 1.807) is 6.92 Å². The summed E-state index contributed by atoms with van der Waals surface area (Å²) in [6.45, 7) is 1.71. The number of alkyl halides is 3. The zero-order chi connectivity index (χ0) is 21.4. The smallest absolute Gasteiger partial charge is 0.477 e. The van der Waals surface area contributed by atoms with Gasteiger partial charge in [-0.15, -0.1) is 13.2 Å². The van der Waals surface area contributed by atoms with Gasteiger partial charge in [-0.2, -0.15) is 0 Å². The number of ether oxygens (including phenoxy) is 2. The van der Waals surface area contributed by atoms with Gasteiger partial charge in [-0.3, -0.25) is 9.52 Å². The van der Waals surface area contributed by atoms with Gasteiger partial charge in [0, 0.05) is 10.2 Å². The quantitative estimate of drug-likeness (QED) is 0.647. The third-order valence-electron chi connectivity index (χ3n) is 3.83. The molecule has 2 N–H and O–H groups in total. The van der Waals surface area contributed by atoms with Crippen molar-refractivity contribution in [1.29, 1.82) is 0 Å². The van der Waals surface area contributed by atoms with E-state index in [4.69, 9.17) is 4.74 Å². The van der Waals surface area contributed by atoms with Crippen LogP contribution in [0.5, 0.6) is 11.5 Å². The molecule has 29 heavy (non-hydrogen) atoms. The standard InChI is InChI=1S/C17H14BrF3N2O5S/c1-2-13-16(24)22-12-7-9(18)8-14(15(12)27-13)29(25,26)23-10-3-5-11(6-4-10)28-17(19,20)21/h3-8,13,23H,2H2,1H3,(H,22,24). The van der Waals surface area contributed by atoms with Crippen LogP contribution in [0.2, 0.25) is 0 Å². The van der Waals surface area contributed by atoms with Gasteiger partial charge in [-0.05, 0) is 42.8 Å². The number of nitrogens with one attached hydrogen (secondary N) is 2. The Morgan fingerprint density at radius 2 is 1.90 bits per heavy atom. The Kier molecular flexibility index (Phi) is 5.68. The predicted octanol–water partition coefficient (Wildman–Crippen LogP) is 4.26. The Bertz CT molecular complexity index is 1040. The maximum atomic E-state index is 12.9. The van der Waals surface area contributed by atoms with Crippen LogP contribution in [0.3, 0.4) is 0 Å². The van der Waals surface area contributed by atoms with Crippen LogP contribution in [0.15, 0.2) is 45.8 Å². The molecule has 1 heterocycles. The van der Waals surface area contributed by atoms with E-state index < -0.39 is 34.1 Å². The molecule has 1 aliphatic heterocycles. The second-order valence-corrected chi connectivity index (χ2v) is 8.53. The van der Waals surface area contributed by atoms with Crippen molar-refractivity contribution in [2.24, 2.45) is 0 Å². The van der Waals surface area contributed by atoms with E-state index in [-0.39, 0.29) is 22.0 Å². The predicted molar refractivity (Wildman–Crippen MR) is 101 cm³/mol. The summed E-state index contributed by atoms with van der Waals surface area (Å²) in [5.74, 6) is -0.907. The fraction of sp³-hybridized carbons (Fsp3) is 0.235. The maximum Gasteiger partial charge on any atom is 0.573 e. The number of carbonyl (C=O) groups is 1. The van der Waals surface area contributed by atoms with Crippen molar-refractivity contribution in [3.05, 3.63) is 40.9 Å². The van der Waals surface area contributed by atoms with E-state index >= 15 is 0 Å². The van der Waals surface area contributed by atoms with Crippen LogP contribution in [0.4, 0.5) is 24.5 Å². The van der Waals surface area contributed by atoms with Crippen LogP contribution >= 0.6 is 15.9 Å². The Morgan fingerprint density at radius 3 is 2.48 bits per heavy atom. The first-order valence-electron chi connectivity index (χ1n) is 8.18. The number of benzene rings is 2. The van der Waals surface area contributed by atoms with Crippen LogP contribution < -0.4 is 19.5 Å². The van der Waals surface area contributed by atoms with E-state index in [9.17, 15) is 26.4 Å². The maximum absolute atomic E-state index is 12.9. The molecule has 0 bridgehead atoms. The van der Waals surface area contributed by atoms with Crippen molar-refractivity contribution in [3.8, 4) is 11.5 Å². The summed E-state index contributed by atoms with van der Waals surface area (Å²) in [5.41, 5.74) is 0.198. The third kappa shape index (κ3) is 4.93. The molecule has 3 rings (SSSR count). The van der Waals surface area contributed by atoms with Crippen LogP contribution in [0, 0.1) is 0 Å². The molecule has 0 aromatic heterocycles. The normalized spacial score (nSPS) is 16.4. The van der Waals surface area contributed by atoms with Crippen molar-refractivity contribution < 1.29 is 35.9 Å². The Labute approximate surface area is 172 Å². The fourth-order valence-corrected chi connectivity index (χ4v) is 4.45. The van der Waals surface area contributed by atoms with Crippen molar-refractivity contribution in [2.45, 2.75) is 30.7 Å². The highest BCUT2D eigenvalue weighted by Crippen LogP contribution is 2.40. The molecule has 1 aliphatic rings. The highest BCUT2D eigenvalue weighted by Gasteiger charge is 2.33.